The topological polar surface area (TPSA) is 125 Å². The van der Waals surface area contributed by atoms with Gasteiger partial charge in [0.2, 0.25) is 0 Å². The lowest BCUT2D eigenvalue weighted by Gasteiger charge is -2.36. The van der Waals surface area contributed by atoms with Crippen LogP contribution in [-0.2, 0) is 20.0 Å². The van der Waals surface area contributed by atoms with Crippen LogP contribution >= 0.6 is 23.2 Å². The number of piperazine rings is 1. The highest BCUT2D eigenvalue weighted by Crippen LogP contribution is 2.30. The number of sulfonamides is 2. The van der Waals surface area contributed by atoms with Crippen molar-refractivity contribution in [3.63, 3.8) is 0 Å². The predicted octanol–water partition coefficient (Wildman–Crippen LogP) is 6.83. The van der Waals surface area contributed by atoms with Crippen LogP contribution in [0.4, 0.5) is 17.1 Å². The summed E-state index contributed by atoms with van der Waals surface area (Å²) in [7, 11) is -5.08. The monoisotopic (exact) mass is 792 g/mol. The molecule has 1 heterocycles. The second kappa shape index (κ2) is 15.5. The van der Waals surface area contributed by atoms with Gasteiger partial charge in [0.1, 0.15) is 5.75 Å². The summed E-state index contributed by atoms with van der Waals surface area (Å²) in [5.41, 5.74) is 1.75. The number of halogens is 2. The quantitative estimate of drug-likeness (QED) is 0.112. The second-order valence-corrected chi connectivity index (χ2v) is 16.8. The number of nitrogens with zero attached hydrogens (tertiary/aromatic N) is 4. The molecular formula is C38H34Cl2N4O7S2. The van der Waals surface area contributed by atoms with Gasteiger partial charge in [-0.3, -0.25) is 13.4 Å². The molecule has 11 nitrogen and oxygen atoms in total. The fourth-order valence-electron chi connectivity index (χ4n) is 5.74. The van der Waals surface area contributed by atoms with Crippen LogP contribution in [0.5, 0.6) is 5.75 Å². The minimum atomic E-state index is -4.00. The van der Waals surface area contributed by atoms with Crippen molar-refractivity contribution in [1.82, 2.24) is 4.90 Å². The third-order valence-corrected chi connectivity index (χ3v) is 13.1. The molecule has 5 aromatic rings. The fraction of sp³-hybridized carbons (Fsp3) is 0.158. The number of carbonyl (C=O) groups excluding carboxylic acids is 2. The Bertz CT molecular complexity index is 2360. The summed E-state index contributed by atoms with van der Waals surface area (Å²) in [6.07, 6.45) is 0. The summed E-state index contributed by atoms with van der Waals surface area (Å²) < 4.78 is 61.2. The zero-order valence-corrected chi connectivity index (χ0v) is 31.7. The molecule has 1 fully saturated rings. The maximum absolute atomic E-state index is 13.6. The number of esters is 1. The Morgan fingerprint density at radius 2 is 1.06 bits per heavy atom. The zero-order valence-electron chi connectivity index (χ0n) is 28.6. The fourth-order valence-corrected chi connectivity index (χ4v) is 8.58. The van der Waals surface area contributed by atoms with Gasteiger partial charge in [0.05, 0.1) is 42.3 Å². The molecule has 0 N–H and O–H groups in total. The number of para-hydroxylation sites is 2. The first-order valence-electron chi connectivity index (χ1n) is 16.3. The Kier molecular flexibility index (Phi) is 11.0. The number of ether oxygens (including phenoxy) is 1. The van der Waals surface area contributed by atoms with Crippen molar-refractivity contribution >= 4 is 72.2 Å². The molecule has 53 heavy (non-hydrogen) atoms. The Balaban J connectivity index is 1.09. The van der Waals surface area contributed by atoms with E-state index in [4.69, 9.17) is 27.9 Å². The minimum absolute atomic E-state index is 0.0366. The van der Waals surface area contributed by atoms with Gasteiger partial charge in [0, 0.05) is 46.0 Å². The number of hydrogen-bond donors (Lipinski definition) is 0. The molecule has 1 amide bonds. The molecule has 0 atom stereocenters. The van der Waals surface area contributed by atoms with Crippen LogP contribution in [0.2, 0.25) is 10.0 Å². The number of hydrogen-bond acceptors (Lipinski definition) is 8. The summed E-state index contributed by atoms with van der Waals surface area (Å²) >= 11 is 12.7. The number of benzene rings is 5. The highest BCUT2D eigenvalue weighted by molar-refractivity contribution is 7.93. The molecule has 1 aliphatic rings. The summed E-state index contributed by atoms with van der Waals surface area (Å²) in [5.74, 6) is -0.976. The van der Waals surface area contributed by atoms with Gasteiger partial charge in [-0.2, -0.15) is 0 Å². The number of amides is 1. The Morgan fingerprint density at radius 1 is 0.604 bits per heavy atom. The molecule has 1 aliphatic heterocycles. The standard InChI is InChI=1S/C38H34Cl2N4O7S2/c1-41(27-9-5-3-6-10-27)52(47,48)31-17-19-35(39)33(25-31)37(45)44-23-21-43(22-24-44)29-13-15-30(16-14-29)51-38(46)34-26-32(18-20-36(34)40)53(49,50)42(2)28-11-7-4-8-12-28/h3-20,25-26H,21-24H2,1-2H3. The lowest BCUT2D eigenvalue weighted by atomic mass is 10.1. The van der Waals surface area contributed by atoms with Gasteiger partial charge < -0.3 is 14.5 Å². The lowest BCUT2D eigenvalue weighted by molar-refractivity contribution is 0.0731. The molecule has 6 rings (SSSR count). The molecular weight excluding hydrogens is 759 g/mol. The first-order chi connectivity index (χ1) is 25.3. The third kappa shape index (κ3) is 7.98. The molecule has 1 saturated heterocycles. The average Bonchev–Trinajstić information content (AvgIpc) is 3.18. The van der Waals surface area contributed by atoms with Crippen molar-refractivity contribution in [3.8, 4) is 5.75 Å². The molecule has 0 radical (unpaired) electrons. The molecule has 0 saturated carbocycles. The molecule has 15 heteroatoms. The van der Waals surface area contributed by atoms with Crippen LogP contribution in [0.3, 0.4) is 0 Å². The van der Waals surface area contributed by atoms with Crippen LogP contribution in [0, 0.1) is 0 Å². The SMILES string of the molecule is CN(c1ccccc1)S(=O)(=O)c1ccc(Cl)c(C(=O)Oc2ccc(N3CCN(C(=O)c4cc(S(=O)(=O)N(C)c5ccccc5)ccc4Cl)CC3)cc2)c1. The van der Waals surface area contributed by atoms with E-state index in [0.29, 0.717) is 37.6 Å². The molecule has 0 unspecified atom stereocenters. The number of anilines is 3. The summed E-state index contributed by atoms with van der Waals surface area (Å²) in [6, 6.07) is 31.9. The van der Waals surface area contributed by atoms with Crippen molar-refractivity contribution in [2.75, 3.05) is 53.8 Å². The summed E-state index contributed by atoms with van der Waals surface area (Å²) in [5, 5.41) is 0.188. The highest BCUT2D eigenvalue weighted by Gasteiger charge is 2.28. The van der Waals surface area contributed by atoms with Crippen molar-refractivity contribution in [1.29, 1.82) is 0 Å². The van der Waals surface area contributed by atoms with E-state index in [2.05, 4.69) is 4.90 Å². The van der Waals surface area contributed by atoms with E-state index in [1.54, 1.807) is 89.8 Å². The summed E-state index contributed by atoms with van der Waals surface area (Å²) in [4.78, 5) is 30.2. The Morgan fingerprint density at radius 3 is 1.55 bits per heavy atom. The molecule has 0 spiro atoms. The van der Waals surface area contributed by atoms with Crippen LogP contribution < -0.4 is 18.2 Å². The Labute approximate surface area is 318 Å². The van der Waals surface area contributed by atoms with Crippen molar-refractivity contribution in [2.24, 2.45) is 0 Å². The van der Waals surface area contributed by atoms with Crippen LogP contribution in [-0.4, -0.2) is 73.9 Å². The summed E-state index contributed by atoms with van der Waals surface area (Å²) in [6.45, 7) is 1.66. The maximum Gasteiger partial charge on any atom is 0.345 e. The molecule has 5 aromatic carbocycles. The van der Waals surface area contributed by atoms with E-state index in [1.807, 2.05) is 0 Å². The molecule has 0 aliphatic carbocycles. The second-order valence-electron chi connectivity index (χ2n) is 12.1. The van der Waals surface area contributed by atoms with Gasteiger partial charge in [-0.25, -0.2) is 21.6 Å². The van der Waals surface area contributed by atoms with Crippen LogP contribution in [0.15, 0.2) is 131 Å². The largest absolute Gasteiger partial charge is 0.423 e. The van der Waals surface area contributed by atoms with Gasteiger partial charge in [-0.05, 0) is 84.9 Å². The van der Waals surface area contributed by atoms with Crippen molar-refractivity contribution in [2.45, 2.75) is 9.79 Å². The molecule has 0 bridgehead atoms. The van der Waals surface area contributed by atoms with E-state index in [-0.39, 0.29) is 42.6 Å². The zero-order chi connectivity index (χ0) is 37.9. The van der Waals surface area contributed by atoms with E-state index in [1.165, 1.54) is 50.5 Å². The van der Waals surface area contributed by atoms with Gasteiger partial charge in [-0.1, -0.05) is 59.6 Å². The molecule has 274 valence electrons. The lowest BCUT2D eigenvalue weighted by Crippen LogP contribution is -2.48. The van der Waals surface area contributed by atoms with Gasteiger partial charge in [-0.15, -0.1) is 0 Å². The highest BCUT2D eigenvalue weighted by atomic mass is 35.5. The minimum Gasteiger partial charge on any atom is -0.423 e. The first kappa shape index (κ1) is 37.7. The molecule has 0 aromatic heterocycles. The van der Waals surface area contributed by atoms with E-state index < -0.39 is 26.0 Å². The smallest absolute Gasteiger partial charge is 0.345 e. The van der Waals surface area contributed by atoms with Crippen molar-refractivity contribution < 1.29 is 31.2 Å². The van der Waals surface area contributed by atoms with Crippen LogP contribution in [0.25, 0.3) is 0 Å². The Hall–Kier alpha value is -5.08. The predicted molar refractivity (Wildman–Crippen MR) is 206 cm³/mol. The third-order valence-electron chi connectivity index (χ3n) is 8.86. The normalized spacial score (nSPS) is 13.4. The maximum atomic E-state index is 13.6. The van der Waals surface area contributed by atoms with Gasteiger partial charge >= 0.3 is 5.97 Å². The van der Waals surface area contributed by atoms with Crippen LogP contribution in [0.1, 0.15) is 20.7 Å². The number of rotatable bonds is 10. The van der Waals surface area contributed by atoms with Gasteiger partial charge in [0.25, 0.3) is 26.0 Å². The van der Waals surface area contributed by atoms with Gasteiger partial charge in [0.15, 0.2) is 0 Å². The van der Waals surface area contributed by atoms with E-state index in [9.17, 15) is 26.4 Å². The average molecular weight is 794 g/mol. The van der Waals surface area contributed by atoms with E-state index >= 15 is 0 Å². The first-order valence-corrected chi connectivity index (χ1v) is 19.9. The number of carbonyl (C=O) groups is 2. The van der Waals surface area contributed by atoms with E-state index in [0.717, 1.165) is 14.3 Å². The van der Waals surface area contributed by atoms with Crippen molar-refractivity contribution in [3.05, 3.63) is 142 Å².